The number of hydrogen-bond donors (Lipinski definition) is 0. The minimum atomic E-state index is -0.323. The molecule has 1 unspecified atom stereocenters. The molecule has 1 atom stereocenters. The smallest absolute Gasteiger partial charge is 0.180 e. The summed E-state index contributed by atoms with van der Waals surface area (Å²) in [6, 6.07) is 0. The van der Waals surface area contributed by atoms with E-state index in [1.165, 1.54) is 0 Å². The molecule has 4 heteroatoms. The second-order valence-corrected chi connectivity index (χ2v) is 2.53. The highest BCUT2D eigenvalue weighted by Crippen LogP contribution is 1.97. The Morgan fingerprint density at radius 3 is 2.46 bits per heavy atom. The highest BCUT2D eigenvalue weighted by Gasteiger charge is 2.07. The van der Waals surface area contributed by atoms with E-state index in [1.807, 2.05) is 13.8 Å². The fourth-order valence-corrected chi connectivity index (χ4v) is 0.818. The van der Waals surface area contributed by atoms with Gasteiger partial charge >= 0.3 is 0 Å². The Kier molecular flexibility index (Phi) is 9.80. The van der Waals surface area contributed by atoms with E-state index in [4.69, 9.17) is 14.2 Å². The highest BCUT2D eigenvalue weighted by molar-refractivity contribution is 4.42. The molecule has 1 radical (unpaired) electrons. The largest absolute Gasteiger partial charge is 0.374 e. The SMILES string of the molecule is CCCOC(COCC[O])OCC. The summed E-state index contributed by atoms with van der Waals surface area (Å²) in [5.41, 5.74) is 0. The molecule has 0 aromatic rings. The maximum atomic E-state index is 10.1. The molecule has 0 aromatic carbocycles. The number of hydrogen-bond acceptors (Lipinski definition) is 3. The first-order valence-electron chi connectivity index (χ1n) is 4.74. The van der Waals surface area contributed by atoms with Crippen LogP contribution in [-0.4, -0.2) is 39.3 Å². The first-order chi connectivity index (χ1) is 6.35. The molecule has 0 saturated carbocycles. The standard InChI is InChI=1S/C9H19O4/c1-3-6-13-9(12-4-2)8-11-7-5-10/h9H,3-8H2,1-2H3. The van der Waals surface area contributed by atoms with Crippen LogP contribution in [0, 0.1) is 0 Å². The van der Waals surface area contributed by atoms with E-state index in [0.29, 0.717) is 19.8 Å². The molecule has 0 saturated heterocycles. The molecule has 0 amide bonds. The van der Waals surface area contributed by atoms with Gasteiger partial charge < -0.3 is 14.2 Å². The normalized spacial score (nSPS) is 13.2. The van der Waals surface area contributed by atoms with Gasteiger partial charge in [0.2, 0.25) is 0 Å². The Bertz CT molecular complexity index is 97.6. The molecule has 0 aromatic heterocycles. The molecule has 13 heavy (non-hydrogen) atoms. The minimum Gasteiger partial charge on any atom is -0.374 e. The van der Waals surface area contributed by atoms with Crippen molar-refractivity contribution in [2.24, 2.45) is 0 Å². The molecule has 0 N–H and O–H groups in total. The molecule has 4 nitrogen and oxygen atoms in total. The lowest BCUT2D eigenvalue weighted by atomic mass is 10.5. The second kappa shape index (κ2) is 9.92. The van der Waals surface area contributed by atoms with Gasteiger partial charge in [-0.2, -0.15) is 0 Å². The van der Waals surface area contributed by atoms with Gasteiger partial charge in [0.15, 0.2) is 6.29 Å². The van der Waals surface area contributed by atoms with Crippen LogP contribution >= 0.6 is 0 Å². The van der Waals surface area contributed by atoms with Gasteiger partial charge in [-0.15, -0.1) is 0 Å². The topological polar surface area (TPSA) is 47.6 Å². The van der Waals surface area contributed by atoms with Crippen molar-refractivity contribution >= 4 is 0 Å². The van der Waals surface area contributed by atoms with Crippen LogP contribution in [0.1, 0.15) is 20.3 Å². The van der Waals surface area contributed by atoms with E-state index < -0.39 is 0 Å². The average molecular weight is 191 g/mol. The molecule has 0 aliphatic carbocycles. The van der Waals surface area contributed by atoms with Gasteiger partial charge in [0, 0.05) is 13.2 Å². The molecule has 79 valence electrons. The van der Waals surface area contributed by atoms with Gasteiger partial charge in [0.25, 0.3) is 0 Å². The van der Waals surface area contributed by atoms with Crippen molar-refractivity contribution < 1.29 is 19.3 Å². The fourth-order valence-electron chi connectivity index (χ4n) is 0.818. The lowest BCUT2D eigenvalue weighted by Crippen LogP contribution is -2.24. The zero-order valence-corrected chi connectivity index (χ0v) is 8.45. The predicted molar refractivity (Wildman–Crippen MR) is 48.0 cm³/mol. The Labute approximate surface area is 79.8 Å². The summed E-state index contributed by atoms with van der Waals surface area (Å²) < 4.78 is 15.6. The molecular formula is C9H19O4. The molecule has 0 bridgehead atoms. The second-order valence-electron chi connectivity index (χ2n) is 2.53. The zero-order chi connectivity index (χ0) is 9.94. The summed E-state index contributed by atoms with van der Waals surface area (Å²) >= 11 is 0. The van der Waals surface area contributed by atoms with Crippen molar-refractivity contribution in [2.75, 3.05) is 33.0 Å². The molecule has 0 heterocycles. The lowest BCUT2D eigenvalue weighted by molar-refractivity contribution is -0.171. The first-order valence-corrected chi connectivity index (χ1v) is 4.74. The van der Waals surface area contributed by atoms with Crippen LogP contribution in [0.4, 0.5) is 0 Å². The van der Waals surface area contributed by atoms with Crippen molar-refractivity contribution in [3.63, 3.8) is 0 Å². The van der Waals surface area contributed by atoms with Crippen LogP contribution in [-0.2, 0) is 19.3 Å². The first kappa shape index (κ1) is 12.8. The van der Waals surface area contributed by atoms with Gasteiger partial charge in [-0.3, -0.25) is 0 Å². The lowest BCUT2D eigenvalue weighted by Gasteiger charge is -2.16. The summed E-state index contributed by atoms with van der Waals surface area (Å²) in [7, 11) is 0. The fraction of sp³-hybridized carbons (Fsp3) is 1.00. The van der Waals surface area contributed by atoms with Gasteiger partial charge in [-0.25, -0.2) is 5.11 Å². The number of ether oxygens (including phenoxy) is 3. The zero-order valence-electron chi connectivity index (χ0n) is 8.45. The summed E-state index contributed by atoms with van der Waals surface area (Å²) in [6.07, 6.45) is 0.627. The van der Waals surface area contributed by atoms with Gasteiger partial charge in [-0.05, 0) is 13.3 Å². The summed E-state index contributed by atoms with van der Waals surface area (Å²) in [5, 5.41) is 10.1. The van der Waals surface area contributed by atoms with Crippen molar-refractivity contribution in [3.05, 3.63) is 0 Å². The Morgan fingerprint density at radius 2 is 1.92 bits per heavy atom. The average Bonchev–Trinajstić information content (AvgIpc) is 2.14. The molecule has 0 fully saturated rings. The van der Waals surface area contributed by atoms with E-state index in [2.05, 4.69) is 0 Å². The van der Waals surface area contributed by atoms with Crippen LogP contribution in [0.2, 0.25) is 0 Å². The van der Waals surface area contributed by atoms with Crippen LogP contribution in [0.5, 0.6) is 0 Å². The summed E-state index contributed by atoms with van der Waals surface area (Å²) in [4.78, 5) is 0. The third-order valence-electron chi connectivity index (χ3n) is 1.34. The van der Waals surface area contributed by atoms with E-state index >= 15 is 0 Å². The van der Waals surface area contributed by atoms with E-state index in [1.54, 1.807) is 0 Å². The maximum Gasteiger partial charge on any atom is 0.180 e. The highest BCUT2D eigenvalue weighted by atomic mass is 16.7. The minimum absolute atomic E-state index is 0.216. The van der Waals surface area contributed by atoms with E-state index in [0.717, 1.165) is 6.42 Å². The van der Waals surface area contributed by atoms with Gasteiger partial charge in [0.1, 0.15) is 6.61 Å². The predicted octanol–water partition coefficient (Wildman–Crippen LogP) is 1.22. The van der Waals surface area contributed by atoms with Crippen LogP contribution in [0.25, 0.3) is 0 Å². The third kappa shape index (κ3) is 8.18. The van der Waals surface area contributed by atoms with Crippen molar-refractivity contribution in [2.45, 2.75) is 26.6 Å². The van der Waals surface area contributed by atoms with E-state index in [-0.39, 0.29) is 19.5 Å². The van der Waals surface area contributed by atoms with Crippen molar-refractivity contribution in [1.29, 1.82) is 0 Å². The van der Waals surface area contributed by atoms with E-state index in [9.17, 15) is 5.11 Å². The van der Waals surface area contributed by atoms with Gasteiger partial charge in [-0.1, -0.05) is 6.92 Å². The Morgan fingerprint density at radius 1 is 1.15 bits per heavy atom. The van der Waals surface area contributed by atoms with Crippen molar-refractivity contribution in [1.82, 2.24) is 0 Å². The Balaban J connectivity index is 3.41. The maximum absolute atomic E-state index is 10.1. The number of rotatable bonds is 9. The summed E-state index contributed by atoms with van der Waals surface area (Å²) in [5.74, 6) is 0. The van der Waals surface area contributed by atoms with Crippen LogP contribution in [0.15, 0.2) is 0 Å². The molecule has 0 aliphatic heterocycles. The third-order valence-corrected chi connectivity index (χ3v) is 1.34. The molecule has 0 rings (SSSR count). The monoisotopic (exact) mass is 191 g/mol. The van der Waals surface area contributed by atoms with Crippen LogP contribution in [0.3, 0.4) is 0 Å². The van der Waals surface area contributed by atoms with Crippen molar-refractivity contribution in [3.8, 4) is 0 Å². The quantitative estimate of drug-likeness (QED) is 0.406. The molecule has 0 aliphatic rings. The van der Waals surface area contributed by atoms with Gasteiger partial charge in [0.05, 0.1) is 13.2 Å². The van der Waals surface area contributed by atoms with Crippen LogP contribution < -0.4 is 0 Å². The molecule has 0 spiro atoms. The Hall–Kier alpha value is -0.160. The molecular weight excluding hydrogens is 172 g/mol. The summed E-state index contributed by atoms with van der Waals surface area (Å²) in [6.45, 7) is 5.53.